The van der Waals surface area contributed by atoms with Crippen LogP contribution in [-0.4, -0.2) is 28.9 Å². The molecule has 25 heavy (non-hydrogen) atoms. The van der Waals surface area contributed by atoms with Crippen LogP contribution in [0.15, 0.2) is 24.3 Å². The topological polar surface area (TPSA) is 98.5 Å². The lowest BCUT2D eigenvalue weighted by Crippen LogP contribution is -2.47. The molecule has 1 N–H and O–H groups in total. The van der Waals surface area contributed by atoms with Crippen molar-refractivity contribution in [2.24, 2.45) is 11.8 Å². The van der Waals surface area contributed by atoms with Crippen LogP contribution in [-0.2, 0) is 9.53 Å². The van der Waals surface area contributed by atoms with E-state index >= 15 is 0 Å². The molecule has 1 amide bonds. The molecule has 1 saturated carbocycles. The molecular formula is C18H24N2O5. The number of hydrogen-bond acceptors (Lipinski definition) is 5. The molecule has 4 atom stereocenters. The van der Waals surface area contributed by atoms with Crippen LogP contribution in [0.3, 0.4) is 0 Å². The monoisotopic (exact) mass is 348 g/mol. The van der Waals surface area contributed by atoms with Crippen LogP contribution in [0.4, 0.5) is 5.69 Å². The SMILES string of the molecule is C[C@H]1[C@H](C)CCC[C@H]1NC(=O)[C@H](C)OC(=O)c1ccccc1[N+](=O)[O-]. The molecule has 0 heterocycles. The van der Waals surface area contributed by atoms with Crippen LogP contribution in [0.25, 0.3) is 0 Å². The lowest BCUT2D eigenvalue weighted by Gasteiger charge is -2.35. The van der Waals surface area contributed by atoms with E-state index < -0.39 is 17.0 Å². The normalized spacial score (nSPS) is 24.2. The smallest absolute Gasteiger partial charge is 0.345 e. The quantitative estimate of drug-likeness (QED) is 0.501. The number of nitrogens with zero attached hydrogens (tertiary/aromatic N) is 1. The molecular weight excluding hydrogens is 324 g/mol. The molecule has 0 radical (unpaired) electrons. The molecule has 1 fully saturated rings. The summed E-state index contributed by atoms with van der Waals surface area (Å²) in [6, 6.07) is 5.59. The van der Waals surface area contributed by atoms with Crippen molar-refractivity contribution in [3.63, 3.8) is 0 Å². The molecule has 1 aromatic rings. The minimum absolute atomic E-state index is 0.0588. The third kappa shape index (κ3) is 4.55. The minimum atomic E-state index is -1.02. The molecule has 7 heteroatoms. The maximum Gasteiger partial charge on any atom is 0.345 e. The highest BCUT2D eigenvalue weighted by Crippen LogP contribution is 2.29. The van der Waals surface area contributed by atoms with E-state index in [4.69, 9.17) is 4.74 Å². The van der Waals surface area contributed by atoms with Gasteiger partial charge in [-0.1, -0.05) is 38.8 Å². The summed E-state index contributed by atoms with van der Waals surface area (Å²) in [7, 11) is 0. The maximum atomic E-state index is 12.3. The van der Waals surface area contributed by atoms with Gasteiger partial charge in [0.1, 0.15) is 5.56 Å². The molecule has 2 rings (SSSR count). The van der Waals surface area contributed by atoms with Gasteiger partial charge in [0.05, 0.1) is 4.92 Å². The number of para-hydroxylation sites is 1. The van der Waals surface area contributed by atoms with Gasteiger partial charge in [0.25, 0.3) is 11.6 Å². The van der Waals surface area contributed by atoms with Crippen LogP contribution >= 0.6 is 0 Å². The van der Waals surface area contributed by atoms with Crippen LogP contribution < -0.4 is 5.32 Å². The summed E-state index contributed by atoms with van der Waals surface area (Å²) in [5, 5.41) is 13.9. The fraction of sp³-hybridized carbons (Fsp3) is 0.556. The lowest BCUT2D eigenvalue weighted by molar-refractivity contribution is -0.385. The number of amides is 1. The Hall–Kier alpha value is -2.44. The van der Waals surface area contributed by atoms with Crippen molar-refractivity contribution in [2.75, 3.05) is 0 Å². The van der Waals surface area contributed by atoms with E-state index in [1.54, 1.807) is 0 Å². The van der Waals surface area contributed by atoms with Gasteiger partial charge in [-0.25, -0.2) is 4.79 Å². The van der Waals surface area contributed by atoms with E-state index in [2.05, 4.69) is 19.2 Å². The van der Waals surface area contributed by atoms with E-state index in [1.165, 1.54) is 31.2 Å². The van der Waals surface area contributed by atoms with Crippen LogP contribution in [0, 0.1) is 22.0 Å². The summed E-state index contributed by atoms with van der Waals surface area (Å²) >= 11 is 0. The summed E-state index contributed by atoms with van der Waals surface area (Å²) < 4.78 is 5.14. The predicted octanol–water partition coefficient (Wildman–Crippen LogP) is 3.08. The Morgan fingerprint density at radius 1 is 1.28 bits per heavy atom. The summed E-state index contributed by atoms with van der Waals surface area (Å²) in [4.78, 5) is 34.9. The van der Waals surface area contributed by atoms with Crippen molar-refractivity contribution in [3.8, 4) is 0 Å². The molecule has 0 aliphatic heterocycles. The van der Waals surface area contributed by atoms with Gasteiger partial charge in [-0.15, -0.1) is 0 Å². The molecule has 0 saturated heterocycles. The molecule has 1 aliphatic carbocycles. The van der Waals surface area contributed by atoms with Gasteiger partial charge in [0.2, 0.25) is 0 Å². The first-order valence-electron chi connectivity index (χ1n) is 8.56. The second-order valence-corrected chi connectivity index (χ2v) is 6.70. The highest BCUT2D eigenvalue weighted by molar-refractivity contribution is 5.95. The number of hydrogen-bond donors (Lipinski definition) is 1. The fourth-order valence-electron chi connectivity index (χ4n) is 3.17. The van der Waals surface area contributed by atoms with Crippen molar-refractivity contribution in [3.05, 3.63) is 39.9 Å². The van der Waals surface area contributed by atoms with E-state index in [1.807, 2.05) is 0 Å². The van der Waals surface area contributed by atoms with Gasteiger partial charge in [-0.3, -0.25) is 14.9 Å². The fourth-order valence-corrected chi connectivity index (χ4v) is 3.17. The number of nitro groups is 1. The molecule has 1 aromatic carbocycles. The molecule has 0 unspecified atom stereocenters. The van der Waals surface area contributed by atoms with Gasteiger partial charge in [-0.2, -0.15) is 0 Å². The highest BCUT2D eigenvalue weighted by Gasteiger charge is 2.31. The number of carbonyl (C=O) groups excluding carboxylic acids is 2. The Bertz CT molecular complexity index is 661. The highest BCUT2D eigenvalue weighted by atomic mass is 16.6. The standard InChI is InChI=1S/C18H24N2O5/c1-11-7-6-9-15(12(11)2)19-17(21)13(3)25-18(22)14-8-4-5-10-16(14)20(23)24/h4-5,8,10-13,15H,6-7,9H2,1-3H3,(H,19,21)/t11-,12+,13+,15-/m1/s1. The second kappa shape index (κ2) is 8.09. The first-order chi connectivity index (χ1) is 11.8. The lowest BCUT2D eigenvalue weighted by atomic mass is 9.78. The number of esters is 1. The molecule has 0 spiro atoms. The summed E-state index contributed by atoms with van der Waals surface area (Å²) in [6.07, 6.45) is 2.09. The van der Waals surface area contributed by atoms with Crippen molar-refractivity contribution in [2.45, 2.75) is 52.2 Å². The van der Waals surface area contributed by atoms with Crippen LogP contribution in [0.2, 0.25) is 0 Å². The van der Waals surface area contributed by atoms with Crippen molar-refractivity contribution >= 4 is 17.6 Å². The van der Waals surface area contributed by atoms with Gasteiger partial charge in [-0.05, 0) is 31.2 Å². The number of ether oxygens (including phenoxy) is 1. The number of benzene rings is 1. The number of rotatable bonds is 5. The maximum absolute atomic E-state index is 12.3. The molecule has 136 valence electrons. The van der Waals surface area contributed by atoms with E-state index in [9.17, 15) is 19.7 Å². The summed E-state index contributed by atoms with van der Waals surface area (Å²) in [5.74, 6) is -0.363. The Morgan fingerprint density at radius 3 is 2.64 bits per heavy atom. The Labute approximate surface area is 146 Å². The molecule has 0 bridgehead atoms. The first-order valence-corrected chi connectivity index (χ1v) is 8.56. The zero-order valence-electron chi connectivity index (χ0n) is 14.7. The summed E-state index contributed by atoms with van der Waals surface area (Å²) in [6.45, 7) is 5.75. The molecule has 7 nitrogen and oxygen atoms in total. The first kappa shape index (κ1) is 18.9. The third-order valence-electron chi connectivity index (χ3n) is 5.01. The number of nitrogens with one attached hydrogen (secondary N) is 1. The third-order valence-corrected chi connectivity index (χ3v) is 5.01. The zero-order valence-corrected chi connectivity index (χ0v) is 14.7. The minimum Gasteiger partial charge on any atom is -0.449 e. The van der Waals surface area contributed by atoms with Crippen LogP contribution in [0.1, 0.15) is 50.4 Å². The van der Waals surface area contributed by atoms with Crippen LogP contribution in [0.5, 0.6) is 0 Å². The Morgan fingerprint density at radius 2 is 1.96 bits per heavy atom. The Balaban J connectivity index is 1.99. The van der Waals surface area contributed by atoms with E-state index in [-0.39, 0.29) is 23.2 Å². The van der Waals surface area contributed by atoms with Gasteiger partial charge in [0, 0.05) is 12.1 Å². The average Bonchev–Trinajstić information content (AvgIpc) is 2.58. The van der Waals surface area contributed by atoms with Gasteiger partial charge < -0.3 is 10.1 Å². The largest absolute Gasteiger partial charge is 0.449 e. The average molecular weight is 348 g/mol. The Kier molecular flexibility index (Phi) is 6.12. The van der Waals surface area contributed by atoms with Crippen molar-refractivity contribution in [1.82, 2.24) is 5.32 Å². The van der Waals surface area contributed by atoms with E-state index in [0.717, 1.165) is 19.3 Å². The van der Waals surface area contributed by atoms with Crippen molar-refractivity contribution < 1.29 is 19.2 Å². The molecule has 0 aromatic heterocycles. The number of nitro benzene ring substituents is 1. The molecule has 1 aliphatic rings. The van der Waals surface area contributed by atoms with E-state index in [0.29, 0.717) is 11.8 Å². The van der Waals surface area contributed by atoms with Crippen molar-refractivity contribution in [1.29, 1.82) is 0 Å². The second-order valence-electron chi connectivity index (χ2n) is 6.70. The van der Waals surface area contributed by atoms with Gasteiger partial charge >= 0.3 is 5.97 Å². The zero-order chi connectivity index (χ0) is 18.6. The summed E-state index contributed by atoms with van der Waals surface area (Å²) in [5.41, 5.74) is -0.498. The number of carbonyl (C=O) groups is 2. The predicted molar refractivity (Wildman–Crippen MR) is 92.1 cm³/mol. The van der Waals surface area contributed by atoms with Gasteiger partial charge in [0.15, 0.2) is 6.10 Å².